The van der Waals surface area contributed by atoms with Crippen molar-refractivity contribution in [3.05, 3.63) is 60.2 Å². The van der Waals surface area contributed by atoms with Crippen LogP contribution in [0.3, 0.4) is 0 Å². The average Bonchev–Trinajstić information content (AvgIpc) is 3.08. The van der Waals surface area contributed by atoms with Crippen LogP contribution in [-0.4, -0.2) is 38.6 Å². The van der Waals surface area contributed by atoms with Crippen molar-refractivity contribution in [1.82, 2.24) is 19.7 Å². The molecule has 1 aliphatic rings. The molecule has 7 heteroatoms. The van der Waals surface area contributed by atoms with E-state index in [1.165, 1.54) is 0 Å². The predicted molar refractivity (Wildman–Crippen MR) is 94.9 cm³/mol. The molecule has 1 aliphatic carbocycles. The number of nitrogens with zero attached hydrogens (tertiary/aromatic N) is 3. The van der Waals surface area contributed by atoms with E-state index in [1.54, 1.807) is 25.6 Å². The monoisotopic (exact) mass is 352 g/mol. The highest BCUT2D eigenvalue weighted by atomic mass is 16.5. The lowest BCUT2D eigenvalue weighted by Gasteiger charge is -2.38. The third-order valence-corrected chi connectivity index (χ3v) is 4.83. The van der Waals surface area contributed by atoms with Gasteiger partial charge < -0.3 is 19.6 Å². The van der Waals surface area contributed by atoms with E-state index in [1.807, 2.05) is 34.9 Å². The average molecular weight is 352 g/mol. The van der Waals surface area contributed by atoms with Crippen LogP contribution in [-0.2, 0) is 0 Å². The number of aliphatic hydroxyl groups excluding tert-OH is 1. The summed E-state index contributed by atoms with van der Waals surface area (Å²) >= 11 is 0. The molecule has 0 bridgehead atoms. The molecule has 2 N–H and O–H groups in total. The Bertz CT molecular complexity index is 883. The van der Waals surface area contributed by atoms with Gasteiger partial charge in [-0.15, -0.1) is 0 Å². The number of methoxy groups -OCH3 is 1. The molecule has 1 atom stereocenters. The number of carbonyl (C=O) groups is 1. The van der Waals surface area contributed by atoms with E-state index in [4.69, 9.17) is 4.74 Å². The van der Waals surface area contributed by atoms with Crippen LogP contribution < -0.4 is 10.1 Å². The third kappa shape index (κ3) is 3.13. The minimum Gasteiger partial charge on any atom is -0.481 e. The number of imidazole rings is 1. The lowest BCUT2D eigenvalue weighted by atomic mass is 9.75. The number of carbonyl (C=O) groups excluding carboxylic acids is 1. The van der Waals surface area contributed by atoms with Crippen molar-refractivity contribution in [1.29, 1.82) is 0 Å². The molecule has 1 saturated carbocycles. The maximum absolute atomic E-state index is 12.8. The molecule has 0 spiro atoms. The minimum absolute atomic E-state index is 0.168. The topological polar surface area (TPSA) is 88.8 Å². The Morgan fingerprint density at radius 2 is 2.19 bits per heavy atom. The fourth-order valence-corrected chi connectivity index (χ4v) is 3.33. The van der Waals surface area contributed by atoms with Crippen LogP contribution in [0.1, 0.15) is 34.9 Å². The standard InChI is InChI=1S/C19H20N4O3/c1-26-17-6-5-12(10-20-17)18(13-8-14(24)9-13)22-19(25)15-11-23-7-3-2-4-16(23)21-15/h2-7,10-11,13-14,18,24H,8-9H2,1H3,(H,22,25)/t13?,14?,18-/m1/s1. The van der Waals surface area contributed by atoms with E-state index < -0.39 is 0 Å². The third-order valence-electron chi connectivity index (χ3n) is 4.83. The maximum atomic E-state index is 12.8. The summed E-state index contributed by atoms with van der Waals surface area (Å²) in [7, 11) is 1.56. The van der Waals surface area contributed by atoms with Crippen LogP contribution in [0.2, 0.25) is 0 Å². The number of aliphatic hydroxyl groups is 1. The molecule has 1 amide bonds. The van der Waals surface area contributed by atoms with Gasteiger partial charge in [0.15, 0.2) is 0 Å². The van der Waals surface area contributed by atoms with E-state index in [2.05, 4.69) is 15.3 Å². The summed E-state index contributed by atoms with van der Waals surface area (Å²) < 4.78 is 6.91. The highest BCUT2D eigenvalue weighted by Gasteiger charge is 2.36. The number of pyridine rings is 2. The zero-order valence-corrected chi connectivity index (χ0v) is 14.4. The number of amides is 1. The predicted octanol–water partition coefficient (Wildman–Crippen LogP) is 1.98. The molecule has 134 valence electrons. The smallest absolute Gasteiger partial charge is 0.272 e. The van der Waals surface area contributed by atoms with Crippen LogP contribution in [0.25, 0.3) is 5.65 Å². The molecule has 26 heavy (non-hydrogen) atoms. The number of ether oxygens (including phenoxy) is 1. The van der Waals surface area contributed by atoms with Crippen LogP contribution in [0.4, 0.5) is 0 Å². The molecule has 1 fully saturated rings. The Hall–Kier alpha value is -2.93. The van der Waals surface area contributed by atoms with Gasteiger partial charge in [0, 0.05) is 24.7 Å². The zero-order chi connectivity index (χ0) is 18.1. The molecule has 3 heterocycles. The van der Waals surface area contributed by atoms with Crippen molar-refractivity contribution >= 4 is 11.6 Å². The highest BCUT2D eigenvalue weighted by Crippen LogP contribution is 2.38. The summed E-state index contributed by atoms with van der Waals surface area (Å²) in [6, 6.07) is 9.06. The summed E-state index contributed by atoms with van der Waals surface area (Å²) in [4.78, 5) is 21.4. The van der Waals surface area contributed by atoms with Gasteiger partial charge in [0.1, 0.15) is 11.3 Å². The van der Waals surface area contributed by atoms with Crippen molar-refractivity contribution in [3.8, 4) is 5.88 Å². The van der Waals surface area contributed by atoms with E-state index >= 15 is 0 Å². The zero-order valence-electron chi connectivity index (χ0n) is 14.4. The quantitative estimate of drug-likeness (QED) is 0.733. The molecule has 0 aromatic carbocycles. The fraction of sp³-hybridized carbons (Fsp3) is 0.316. The molecule has 0 saturated heterocycles. The van der Waals surface area contributed by atoms with E-state index in [0.29, 0.717) is 24.4 Å². The van der Waals surface area contributed by atoms with Crippen molar-refractivity contribution in [2.45, 2.75) is 25.0 Å². The minimum atomic E-state index is -0.305. The van der Waals surface area contributed by atoms with Crippen LogP contribution in [0.15, 0.2) is 48.9 Å². The van der Waals surface area contributed by atoms with Gasteiger partial charge in [-0.05, 0) is 36.5 Å². The first-order valence-electron chi connectivity index (χ1n) is 8.56. The number of hydrogen-bond acceptors (Lipinski definition) is 5. The van der Waals surface area contributed by atoms with E-state index in [9.17, 15) is 9.90 Å². The van der Waals surface area contributed by atoms with Crippen molar-refractivity contribution in [2.75, 3.05) is 7.11 Å². The van der Waals surface area contributed by atoms with Crippen LogP contribution in [0.5, 0.6) is 5.88 Å². The van der Waals surface area contributed by atoms with Crippen molar-refractivity contribution in [3.63, 3.8) is 0 Å². The maximum Gasteiger partial charge on any atom is 0.272 e. The fourth-order valence-electron chi connectivity index (χ4n) is 3.33. The first kappa shape index (κ1) is 16.5. The van der Waals surface area contributed by atoms with Gasteiger partial charge in [-0.3, -0.25) is 4.79 Å². The molecule has 0 radical (unpaired) electrons. The highest BCUT2D eigenvalue weighted by molar-refractivity contribution is 5.93. The van der Waals surface area contributed by atoms with Gasteiger partial charge in [-0.25, -0.2) is 9.97 Å². The molecule has 3 aromatic rings. The Labute approximate surface area is 150 Å². The second-order valence-electron chi connectivity index (χ2n) is 6.56. The largest absolute Gasteiger partial charge is 0.481 e. The van der Waals surface area contributed by atoms with Crippen LogP contribution in [0, 0.1) is 5.92 Å². The second-order valence-corrected chi connectivity index (χ2v) is 6.56. The SMILES string of the molecule is COc1ccc([C@@H](NC(=O)c2cn3ccccc3n2)C2CC(O)C2)cn1. The van der Waals surface area contributed by atoms with E-state index in [-0.39, 0.29) is 24.0 Å². The molecule has 0 unspecified atom stereocenters. The van der Waals surface area contributed by atoms with Gasteiger partial charge >= 0.3 is 0 Å². The van der Waals surface area contributed by atoms with Gasteiger partial charge in [-0.1, -0.05) is 12.1 Å². The Morgan fingerprint density at radius 3 is 2.85 bits per heavy atom. The Morgan fingerprint density at radius 1 is 1.35 bits per heavy atom. The summed E-state index contributed by atoms with van der Waals surface area (Å²) in [6.45, 7) is 0. The normalized spacial score (nSPS) is 20.4. The lowest BCUT2D eigenvalue weighted by Crippen LogP contribution is -2.41. The van der Waals surface area contributed by atoms with Gasteiger partial charge in [0.2, 0.25) is 5.88 Å². The number of aromatic nitrogens is 3. The number of nitrogens with one attached hydrogen (secondary N) is 1. The first-order valence-corrected chi connectivity index (χ1v) is 8.56. The lowest BCUT2D eigenvalue weighted by molar-refractivity contribution is 0.0234. The Kier molecular flexibility index (Phi) is 4.30. The van der Waals surface area contributed by atoms with Gasteiger partial charge in [0.25, 0.3) is 5.91 Å². The van der Waals surface area contributed by atoms with Gasteiger partial charge in [-0.2, -0.15) is 0 Å². The molecule has 4 rings (SSSR count). The van der Waals surface area contributed by atoms with Gasteiger partial charge in [0.05, 0.1) is 19.3 Å². The molecule has 3 aromatic heterocycles. The second kappa shape index (κ2) is 6.76. The molecule has 0 aliphatic heterocycles. The molecular weight excluding hydrogens is 332 g/mol. The molecular formula is C19H20N4O3. The summed E-state index contributed by atoms with van der Waals surface area (Å²) in [5, 5.41) is 12.7. The number of fused-ring (bicyclic) bond motifs is 1. The number of hydrogen-bond donors (Lipinski definition) is 2. The molecule has 7 nitrogen and oxygen atoms in total. The number of rotatable bonds is 5. The van der Waals surface area contributed by atoms with Crippen molar-refractivity contribution < 1.29 is 14.6 Å². The summed E-state index contributed by atoms with van der Waals surface area (Å²) in [6.07, 6.45) is 6.28. The van der Waals surface area contributed by atoms with Crippen LogP contribution >= 0.6 is 0 Å². The summed E-state index contributed by atoms with van der Waals surface area (Å²) in [5.41, 5.74) is 1.97. The Balaban J connectivity index is 1.58. The van der Waals surface area contributed by atoms with E-state index in [0.717, 1.165) is 11.2 Å². The van der Waals surface area contributed by atoms with Crippen molar-refractivity contribution in [2.24, 2.45) is 5.92 Å². The first-order chi connectivity index (χ1) is 12.6. The summed E-state index contributed by atoms with van der Waals surface area (Å²) in [5.74, 6) is 0.449.